The third-order valence-electron chi connectivity index (χ3n) is 5.80. The normalized spacial score (nSPS) is 16.8. The first-order valence-electron chi connectivity index (χ1n) is 10.4. The molecule has 1 saturated carbocycles. The minimum absolute atomic E-state index is 0.207. The molecule has 1 atom stereocenters. The van der Waals surface area contributed by atoms with E-state index < -0.39 is 0 Å². The topological polar surface area (TPSA) is 92.1 Å². The number of nitrogens with zero attached hydrogens (tertiary/aromatic N) is 4. The van der Waals surface area contributed by atoms with Gasteiger partial charge < -0.3 is 23.9 Å². The van der Waals surface area contributed by atoms with E-state index in [4.69, 9.17) is 19.9 Å². The van der Waals surface area contributed by atoms with Gasteiger partial charge in [-0.3, -0.25) is 5.41 Å². The van der Waals surface area contributed by atoms with Gasteiger partial charge in [0.1, 0.15) is 18.7 Å². The van der Waals surface area contributed by atoms with E-state index in [0.29, 0.717) is 29.9 Å². The molecular weight excluding hydrogens is 480 g/mol. The van der Waals surface area contributed by atoms with Crippen molar-refractivity contribution < 1.29 is 9.47 Å². The van der Waals surface area contributed by atoms with Crippen molar-refractivity contribution in [2.24, 2.45) is 5.92 Å². The lowest BCUT2D eigenvalue weighted by molar-refractivity contribution is 0.171. The molecule has 164 valence electrons. The molecule has 1 aliphatic heterocycles. The Morgan fingerprint density at radius 1 is 1.29 bits per heavy atom. The minimum atomic E-state index is 0.207. The van der Waals surface area contributed by atoms with Crippen molar-refractivity contribution in [1.29, 1.82) is 5.41 Å². The van der Waals surface area contributed by atoms with Gasteiger partial charge in [-0.15, -0.1) is 0 Å². The van der Waals surface area contributed by atoms with Gasteiger partial charge in [0.25, 0.3) is 0 Å². The summed E-state index contributed by atoms with van der Waals surface area (Å²) in [6.45, 7) is 1.93. The van der Waals surface area contributed by atoms with Crippen LogP contribution in [-0.2, 0) is 6.54 Å². The average molecular weight is 505 g/mol. The number of imidazole rings is 1. The number of H-pyrrole nitrogens is 1. The van der Waals surface area contributed by atoms with E-state index in [1.807, 2.05) is 12.1 Å². The second-order valence-corrected chi connectivity index (χ2v) is 10.1. The van der Waals surface area contributed by atoms with E-state index in [1.54, 1.807) is 6.33 Å². The Kier molecular flexibility index (Phi) is 5.70. The van der Waals surface area contributed by atoms with Crippen LogP contribution in [0.2, 0.25) is 0 Å². The number of halogens is 1. The fourth-order valence-corrected chi connectivity index (χ4v) is 5.45. The van der Waals surface area contributed by atoms with E-state index in [2.05, 4.69) is 49.5 Å². The highest BCUT2D eigenvalue weighted by Gasteiger charge is 2.32. The molecule has 0 spiro atoms. The fourth-order valence-electron chi connectivity index (χ4n) is 4.07. The fraction of sp³-hybridized carbons (Fsp3) is 0.476. The van der Waals surface area contributed by atoms with Crippen molar-refractivity contribution in [3.8, 4) is 11.5 Å². The molecule has 2 aliphatic rings. The molecule has 1 aromatic carbocycles. The summed E-state index contributed by atoms with van der Waals surface area (Å²) in [4.78, 5) is 15.7. The highest BCUT2D eigenvalue weighted by Crippen LogP contribution is 2.41. The summed E-state index contributed by atoms with van der Waals surface area (Å²) in [7, 11) is 4.31. The van der Waals surface area contributed by atoms with Crippen LogP contribution in [0.3, 0.4) is 0 Å². The van der Waals surface area contributed by atoms with Crippen LogP contribution >= 0.6 is 27.7 Å². The number of ether oxygens (including phenoxy) is 2. The zero-order valence-electron chi connectivity index (χ0n) is 17.5. The Morgan fingerprint density at radius 3 is 2.74 bits per heavy atom. The zero-order chi connectivity index (χ0) is 21.5. The Labute approximate surface area is 193 Å². The second kappa shape index (κ2) is 8.48. The van der Waals surface area contributed by atoms with Crippen molar-refractivity contribution in [1.82, 2.24) is 24.4 Å². The quantitative estimate of drug-likeness (QED) is 0.510. The number of aromatic amines is 1. The first-order valence-corrected chi connectivity index (χ1v) is 12.0. The van der Waals surface area contributed by atoms with E-state index in [0.717, 1.165) is 45.4 Å². The van der Waals surface area contributed by atoms with Crippen LogP contribution in [0.4, 0.5) is 0 Å². The van der Waals surface area contributed by atoms with Crippen molar-refractivity contribution >= 4 is 38.9 Å². The lowest BCUT2D eigenvalue weighted by Crippen LogP contribution is -2.31. The van der Waals surface area contributed by atoms with Gasteiger partial charge in [-0.2, -0.15) is 0 Å². The van der Waals surface area contributed by atoms with Gasteiger partial charge in [-0.05, 0) is 67.3 Å². The van der Waals surface area contributed by atoms with Crippen LogP contribution in [0.1, 0.15) is 19.3 Å². The van der Waals surface area contributed by atoms with Gasteiger partial charge in [0.15, 0.2) is 27.8 Å². The number of fused-ring (bicyclic) bond motifs is 2. The van der Waals surface area contributed by atoms with Crippen molar-refractivity contribution in [2.75, 3.05) is 27.3 Å². The van der Waals surface area contributed by atoms with E-state index in [1.165, 1.54) is 24.6 Å². The number of aryl methyl sites for hydroxylation is 1. The van der Waals surface area contributed by atoms with Gasteiger partial charge >= 0.3 is 0 Å². The standard InChI is InChI=1S/C21H25BrN6O2S/c1-27(2)14(12-3-4-12)5-6-28-11-24-19(23)18-20(28)26-21(25-18)31-17-10-16-15(9-13(17)22)29-7-8-30-16/h9-12,14,23H,3-8H2,1-2H3,(H,25,26). The molecule has 1 unspecified atom stereocenters. The molecule has 1 aliphatic carbocycles. The summed E-state index contributed by atoms with van der Waals surface area (Å²) in [5, 5.41) is 8.94. The molecule has 1 fully saturated rings. The predicted octanol–water partition coefficient (Wildman–Crippen LogP) is 3.65. The molecule has 0 radical (unpaired) electrons. The van der Waals surface area contributed by atoms with E-state index in [9.17, 15) is 0 Å². The predicted molar refractivity (Wildman–Crippen MR) is 122 cm³/mol. The number of rotatable bonds is 7. The maximum absolute atomic E-state index is 8.22. The van der Waals surface area contributed by atoms with Gasteiger partial charge in [-0.1, -0.05) is 11.8 Å². The molecule has 3 aromatic rings. The van der Waals surface area contributed by atoms with Crippen LogP contribution in [0.15, 0.2) is 33.0 Å². The summed E-state index contributed by atoms with van der Waals surface area (Å²) in [6.07, 6.45) is 5.42. The monoisotopic (exact) mass is 504 g/mol. The smallest absolute Gasteiger partial charge is 0.173 e. The van der Waals surface area contributed by atoms with Gasteiger partial charge in [0.05, 0.1) is 6.33 Å². The molecule has 2 aromatic heterocycles. The van der Waals surface area contributed by atoms with Crippen molar-refractivity contribution in [3.63, 3.8) is 0 Å². The molecule has 8 nitrogen and oxygen atoms in total. The molecule has 0 saturated heterocycles. The first kappa shape index (κ1) is 20.8. The van der Waals surface area contributed by atoms with Crippen LogP contribution in [0.5, 0.6) is 11.5 Å². The number of benzene rings is 1. The molecule has 5 rings (SSSR count). The zero-order valence-corrected chi connectivity index (χ0v) is 19.9. The third-order valence-corrected chi connectivity index (χ3v) is 7.66. The Morgan fingerprint density at radius 2 is 2.03 bits per heavy atom. The minimum Gasteiger partial charge on any atom is -0.486 e. The molecular formula is C21H25BrN6O2S. The molecule has 2 N–H and O–H groups in total. The summed E-state index contributed by atoms with van der Waals surface area (Å²) in [5.74, 6) is 2.28. The van der Waals surface area contributed by atoms with Crippen LogP contribution in [0.25, 0.3) is 11.2 Å². The molecule has 31 heavy (non-hydrogen) atoms. The molecule has 10 heteroatoms. The number of nitrogens with one attached hydrogen (secondary N) is 2. The van der Waals surface area contributed by atoms with E-state index in [-0.39, 0.29) is 5.49 Å². The number of hydrogen-bond donors (Lipinski definition) is 2. The summed E-state index contributed by atoms with van der Waals surface area (Å²) >= 11 is 5.11. The number of aromatic nitrogens is 4. The third kappa shape index (κ3) is 4.33. The van der Waals surface area contributed by atoms with Gasteiger partial charge in [0, 0.05) is 22.0 Å². The second-order valence-electron chi connectivity index (χ2n) is 8.21. The van der Waals surface area contributed by atoms with Crippen molar-refractivity contribution in [2.45, 2.75) is 41.9 Å². The molecule has 3 heterocycles. The summed E-state index contributed by atoms with van der Waals surface area (Å²) < 4.78 is 14.3. The van der Waals surface area contributed by atoms with Gasteiger partial charge in [-0.25, -0.2) is 9.97 Å². The summed E-state index contributed by atoms with van der Waals surface area (Å²) in [6, 6.07) is 4.46. The van der Waals surface area contributed by atoms with Crippen molar-refractivity contribution in [3.05, 3.63) is 28.4 Å². The molecule has 0 amide bonds. The maximum atomic E-state index is 8.22. The lowest BCUT2D eigenvalue weighted by atomic mass is 10.1. The van der Waals surface area contributed by atoms with E-state index >= 15 is 0 Å². The maximum Gasteiger partial charge on any atom is 0.173 e. The Hall–Kier alpha value is -2.04. The Balaban J connectivity index is 1.41. The highest BCUT2D eigenvalue weighted by atomic mass is 79.9. The summed E-state index contributed by atoms with van der Waals surface area (Å²) in [5.41, 5.74) is 1.63. The SMILES string of the molecule is CN(C)C(CCn1cnc(=N)c2[nH]c(Sc3cc4c(cc3Br)OCCO4)nc21)C1CC1. The Bertz CT molecular complexity index is 1170. The number of hydrogen-bond acceptors (Lipinski definition) is 7. The molecule has 0 bridgehead atoms. The van der Waals surface area contributed by atoms with Gasteiger partial charge in [0.2, 0.25) is 0 Å². The van der Waals surface area contributed by atoms with Crippen LogP contribution in [0, 0.1) is 11.3 Å². The van der Waals surface area contributed by atoms with Crippen LogP contribution < -0.4 is 15.0 Å². The van der Waals surface area contributed by atoms with Crippen LogP contribution in [-0.4, -0.2) is 57.8 Å². The average Bonchev–Trinajstić information content (AvgIpc) is 3.48. The lowest BCUT2D eigenvalue weighted by Gasteiger charge is -2.24. The first-order chi connectivity index (χ1) is 15.0. The largest absolute Gasteiger partial charge is 0.486 e. The highest BCUT2D eigenvalue weighted by molar-refractivity contribution is 9.10.